The molecular weight excluding hydrogens is 156 g/mol. The number of nitrogens with zero attached hydrogens (tertiary/aromatic N) is 2. The molecule has 0 saturated heterocycles. The van der Waals surface area contributed by atoms with E-state index in [9.17, 15) is 10.1 Å². The van der Waals surface area contributed by atoms with E-state index in [0.717, 1.165) is 0 Å². The topological polar surface area (TPSA) is 55.5 Å². The first kappa shape index (κ1) is 13.2. The van der Waals surface area contributed by atoms with Crippen LogP contribution in [-0.4, -0.2) is 11.1 Å². The van der Waals surface area contributed by atoms with Crippen LogP contribution in [0.4, 0.5) is 0 Å². The molecule has 0 bridgehead atoms. The third-order valence-corrected chi connectivity index (χ3v) is 0.645. The van der Waals surface area contributed by atoms with E-state index >= 15 is 0 Å². The van der Waals surface area contributed by atoms with Gasteiger partial charge in [-0.2, -0.15) is 0 Å². The lowest BCUT2D eigenvalue weighted by molar-refractivity contribution is -0.425. The van der Waals surface area contributed by atoms with Crippen molar-refractivity contribution in [2.45, 2.75) is 20.8 Å². The molecule has 0 aliphatic carbocycles. The Balaban J connectivity index is 0. The second-order valence-electron chi connectivity index (χ2n) is 1.78. The van der Waals surface area contributed by atoms with Crippen LogP contribution in [0, 0.1) is 10.1 Å². The van der Waals surface area contributed by atoms with Crippen molar-refractivity contribution < 1.29 is 4.92 Å². The minimum absolute atomic E-state index is 0.372. The zero-order valence-corrected chi connectivity index (χ0v) is 7.70. The van der Waals surface area contributed by atoms with Crippen molar-refractivity contribution in [1.29, 1.82) is 0 Å². The van der Waals surface area contributed by atoms with Crippen molar-refractivity contribution in [1.82, 2.24) is 0 Å². The van der Waals surface area contributed by atoms with E-state index in [2.05, 4.69) is 18.2 Å². The molecule has 0 aromatic carbocycles. The van der Waals surface area contributed by atoms with Crippen molar-refractivity contribution in [3.63, 3.8) is 0 Å². The van der Waals surface area contributed by atoms with Crippen LogP contribution in [0.1, 0.15) is 20.8 Å². The lowest BCUT2D eigenvalue weighted by Gasteiger charge is -1.86. The molecule has 0 fully saturated rings. The summed E-state index contributed by atoms with van der Waals surface area (Å²) in [7, 11) is 0. The number of hydrogen-bond donors (Lipinski definition) is 0. The summed E-state index contributed by atoms with van der Waals surface area (Å²) in [5.74, 6) is -0.372. The molecule has 0 aromatic heterocycles. The van der Waals surface area contributed by atoms with Crippen molar-refractivity contribution in [3.05, 3.63) is 34.7 Å². The van der Waals surface area contributed by atoms with Gasteiger partial charge >= 0.3 is 5.82 Å². The normalized spacial score (nSPS) is 8.58. The number of nitro groups is 1. The average molecular weight is 170 g/mol. The van der Waals surface area contributed by atoms with Crippen molar-refractivity contribution >= 4 is 6.21 Å². The summed E-state index contributed by atoms with van der Waals surface area (Å²) in [6.45, 7) is 12.3. The van der Waals surface area contributed by atoms with Crippen molar-refractivity contribution in [3.8, 4) is 0 Å². The summed E-state index contributed by atoms with van der Waals surface area (Å²) in [6.07, 6.45) is 1.30. The van der Waals surface area contributed by atoms with Crippen LogP contribution in [0.2, 0.25) is 0 Å². The molecule has 0 aromatic rings. The molecule has 0 unspecified atom stereocenters. The molecule has 0 aliphatic rings. The van der Waals surface area contributed by atoms with Gasteiger partial charge in [0.25, 0.3) is 0 Å². The second-order valence-corrected chi connectivity index (χ2v) is 1.78. The van der Waals surface area contributed by atoms with Crippen LogP contribution in [-0.2, 0) is 0 Å². The molecule has 0 spiro atoms. The Bertz CT molecular complexity index is 207. The first-order chi connectivity index (χ1) is 5.54. The SMILES string of the molecule is C=C(C)/C=N\C(=C)[N+](=O)[O-].CC. The maximum Gasteiger partial charge on any atom is 0.356 e. The third-order valence-electron chi connectivity index (χ3n) is 0.645. The quantitative estimate of drug-likeness (QED) is 0.371. The van der Waals surface area contributed by atoms with Gasteiger partial charge in [-0.1, -0.05) is 20.4 Å². The molecule has 0 heterocycles. The van der Waals surface area contributed by atoms with E-state index in [1.54, 1.807) is 6.92 Å². The summed E-state index contributed by atoms with van der Waals surface area (Å²) >= 11 is 0. The molecule has 0 saturated carbocycles. The van der Waals surface area contributed by atoms with E-state index < -0.39 is 4.92 Å². The standard InChI is InChI=1S/C6H8N2O2.C2H6/c1-5(2)4-7-6(3)8(9)10;1-2/h4H,1,3H2,2H3;1-2H3/b7-4-;. The highest BCUT2D eigenvalue weighted by Gasteiger charge is 1.99. The van der Waals surface area contributed by atoms with E-state index in [4.69, 9.17) is 0 Å². The summed E-state index contributed by atoms with van der Waals surface area (Å²) < 4.78 is 0. The fraction of sp³-hybridized carbons (Fsp3) is 0.375. The van der Waals surface area contributed by atoms with Crippen LogP contribution in [0.5, 0.6) is 0 Å². The van der Waals surface area contributed by atoms with Gasteiger partial charge in [0.1, 0.15) is 6.21 Å². The Morgan fingerprint density at radius 3 is 2.17 bits per heavy atom. The van der Waals surface area contributed by atoms with Gasteiger partial charge in [-0.25, -0.2) is 0 Å². The Kier molecular flexibility index (Phi) is 8.40. The third kappa shape index (κ3) is 8.55. The first-order valence-electron chi connectivity index (χ1n) is 3.57. The largest absolute Gasteiger partial charge is 0.358 e. The maximum absolute atomic E-state index is 9.87. The van der Waals surface area contributed by atoms with Gasteiger partial charge in [-0.05, 0) is 29.0 Å². The molecular formula is C8H14N2O2. The number of hydrogen-bond acceptors (Lipinski definition) is 3. The molecule has 0 atom stereocenters. The van der Waals surface area contributed by atoms with E-state index in [1.165, 1.54) is 6.21 Å². The number of aliphatic imine (C=N–C) groups is 1. The summed E-state index contributed by atoms with van der Waals surface area (Å²) in [6, 6.07) is 0. The number of allylic oxidation sites excluding steroid dienone is 1. The zero-order valence-electron chi connectivity index (χ0n) is 7.70. The van der Waals surface area contributed by atoms with Crippen LogP contribution in [0.25, 0.3) is 0 Å². The summed E-state index contributed by atoms with van der Waals surface area (Å²) in [5, 5.41) is 9.87. The smallest absolute Gasteiger partial charge is 0.356 e. The van der Waals surface area contributed by atoms with Crippen LogP contribution in [0.15, 0.2) is 29.5 Å². The molecule has 68 valence electrons. The minimum Gasteiger partial charge on any atom is -0.358 e. The highest BCUT2D eigenvalue weighted by atomic mass is 16.6. The predicted molar refractivity (Wildman–Crippen MR) is 50.8 cm³/mol. The van der Waals surface area contributed by atoms with Gasteiger partial charge in [0.15, 0.2) is 0 Å². The van der Waals surface area contributed by atoms with Gasteiger partial charge in [0.2, 0.25) is 0 Å². The van der Waals surface area contributed by atoms with E-state index in [1.807, 2.05) is 13.8 Å². The highest BCUT2D eigenvalue weighted by molar-refractivity contribution is 5.77. The lowest BCUT2D eigenvalue weighted by atomic mass is 10.4. The van der Waals surface area contributed by atoms with E-state index in [-0.39, 0.29) is 5.82 Å². The maximum atomic E-state index is 9.87. The zero-order chi connectivity index (χ0) is 10.1. The molecule has 0 rings (SSSR count). The highest BCUT2D eigenvalue weighted by Crippen LogP contribution is 1.92. The van der Waals surface area contributed by atoms with Crippen LogP contribution < -0.4 is 0 Å². The summed E-state index contributed by atoms with van der Waals surface area (Å²) in [4.78, 5) is 12.6. The first-order valence-corrected chi connectivity index (χ1v) is 3.57. The molecule has 4 heteroatoms. The Morgan fingerprint density at radius 1 is 1.50 bits per heavy atom. The van der Waals surface area contributed by atoms with Gasteiger partial charge in [-0.15, -0.1) is 0 Å². The Morgan fingerprint density at radius 2 is 1.92 bits per heavy atom. The molecule has 0 N–H and O–H groups in total. The summed E-state index contributed by atoms with van der Waals surface area (Å²) in [5.41, 5.74) is 0.656. The van der Waals surface area contributed by atoms with E-state index in [0.29, 0.717) is 5.57 Å². The molecule has 0 amide bonds. The predicted octanol–water partition coefficient (Wildman–Crippen LogP) is 2.41. The number of rotatable bonds is 3. The Labute approximate surface area is 72.5 Å². The fourth-order valence-corrected chi connectivity index (χ4v) is 0.232. The van der Waals surface area contributed by atoms with Crippen molar-refractivity contribution in [2.75, 3.05) is 0 Å². The Hall–Kier alpha value is -1.45. The van der Waals surface area contributed by atoms with Gasteiger partial charge in [0, 0.05) is 0 Å². The molecule has 4 nitrogen and oxygen atoms in total. The monoisotopic (exact) mass is 170 g/mol. The van der Waals surface area contributed by atoms with Gasteiger partial charge in [-0.3, -0.25) is 0 Å². The van der Waals surface area contributed by atoms with Gasteiger partial charge < -0.3 is 10.1 Å². The van der Waals surface area contributed by atoms with Crippen molar-refractivity contribution in [2.24, 2.45) is 4.99 Å². The molecule has 12 heavy (non-hydrogen) atoms. The minimum atomic E-state index is -0.653. The lowest BCUT2D eigenvalue weighted by Crippen LogP contribution is -1.93. The fourth-order valence-electron chi connectivity index (χ4n) is 0.232. The average Bonchev–Trinajstić information content (AvgIpc) is 2.03. The second kappa shape index (κ2) is 7.65. The molecule has 0 aliphatic heterocycles. The van der Waals surface area contributed by atoms with Gasteiger partial charge in [0.05, 0.1) is 0 Å². The molecule has 0 radical (unpaired) electrons. The van der Waals surface area contributed by atoms with Crippen LogP contribution in [0.3, 0.4) is 0 Å². The van der Waals surface area contributed by atoms with Crippen LogP contribution >= 0.6 is 0 Å².